The highest BCUT2D eigenvalue weighted by Crippen LogP contribution is 2.31. The molecule has 0 saturated carbocycles. The molecule has 1 fully saturated rings. The standard InChI is InChI=1S/C21H20BrF2NO3.CH5N/c22-17-2-1-3-18(16(17)13-27)25-9-6-14(7-10-25)8-11-28-19-5-4-15(12-26)20(23)21(19)24;1-2/h1-5,12-14H,6-11H2;2H2,1H3. The molecule has 5 nitrogen and oxygen atoms in total. The maximum Gasteiger partial charge on any atom is 0.201 e. The molecule has 0 bridgehead atoms. The average molecular weight is 483 g/mol. The van der Waals surface area contributed by atoms with Crippen LogP contribution < -0.4 is 15.4 Å². The van der Waals surface area contributed by atoms with Gasteiger partial charge in [0.2, 0.25) is 5.82 Å². The van der Waals surface area contributed by atoms with Crippen molar-refractivity contribution in [2.24, 2.45) is 11.7 Å². The van der Waals surface area contributed by atoms with E-state index in [0.717, 1.165) is 48.8 Å². The smallest absolute Gasteiger partial charge is 0.201 e. The molecule has 2 N–H and O–H groups in total. The Bertz CT molecular complexity index is 872. The second-order valence-electron chi connectivity index (χ2n) is 6.76. The number of benzene rings is 2. The lowest BCUT2D eigenvalue weighted by Gasteiger charge is -2.34. The Morgan fingerprint density at radius 2 is 1.80 bits per heavy atom. The largest absolute Gasteiger partial charge is 0.490 e. The third-order valence-electron chi connectivity index (χ3n) is 5.09. The van der Waals surface area contributed by atoms with Gasteiger partial charge in [-0.25, -0.2) is 4.39 Å². The first-order valence-electron chi connectivity index (χ1n) is 9.67. The summed E-state index contributed by atoms with van der Waals surface area (Å²) in [5.41, 5.74) is 5.76. The number of nitrogens with zero attached hydrogens (tertiary/aromatic N) is 1. The lowest BCUT2D eigenvalue weighted by molar-refractivity contribution is 0.111. The second kappa shape index (κ2) is 11.8. The van der Waals surface area contributed by atoms with Gasteiger partial charge in [-0.3, -0.25) is 9.59 Å². The van der Waals surface area contributed by atoms with Crippen LogP contribution in [-0.4, -0.2) is 39.3 Å². The molecular weight excluding hydrogens is 458 g/mol. The van der Waals surface area contributed by atoms with Gasteiger partial charge in [0.1, 0.15) is 0 Å². The van der Waals surface area contributed by atoms with Gasteiger partial charge < -0.3 is 15.4 Å². The Morgan fingerprint density at radius 1 is 1.10 bits per heavy atom. The number of aldehydes is 2. The van der Waals surface area contributed by atoms with E-state index in [9.17, 15) is 18.4 Å². The molecule has 30 heavy (non-hydrogen) atoms. The van der Waals surface area contributed by atoms with E-state index in [0.29, 0.717) is 11.5 Å². The number of rotatable bonds is 7. The highest BCUT2D eigenvalue weighted by Gasteiger charge is 2.22. The minimum absolute atomic E-state index is 0.176. The molecule has 8 heteroatoms. The van der Waals surface area contributed by atoms with Gasteiger partial charge in [-0.15, -0.1) is 0 Å². The number of anilines is 1. The van der Waals surface area contributed by atoms with Gasteiger partial charge in [-0.1, -0.05) is 6.07 Å². The highest BCUT2D eigenvalue weighted by atomic mass is 79.9. The molecule has 0 atom stereocenters. The van der Waals surface area contributed by atoms with Crippen LogP contribution in [0.4, 0.5) is 14.5 Å². The van der Waals surface area contributed by atoms with Crippen molar-refractivity contribution in [1.82, 2.24) is 0 Å². The summed E-state index contributed by atoms with van der Waals surface area (Å²) in [5, 5.41) is 0. The number of hydrogen-bond acceptors (Lipinski definition) is 5. The molecule has 0 spiro atoms. The van der Waals surface area contributed by atoms with Crippen molar-refractivity contribution in [1.29, 1.82) is 0 Å². The van der Waals surface area contributed by atoms with Crippen LogP contribution in [0.3, 0.4) is 0 Å². The van der Waals surface area contributed by atoms with Gasteiger partial charge in [0.25, 0.3) is 0 Å². The molecular formula is C22H25BrF2N2O3. The zero-order valence-electron chi connectivity index (χ0n) is 16.7. The number of ether oxygens (including phenoxy) is 1. The van der Waals surface area contributed by atoms with Crippen LogP contribution in [0.1, 0.15) is 40.0 Å². The summed E-state index contributed by atoms with van der Waals surface area (Å²) < 4.78 is 33.6. The van der Waals surface area contributed by atoms with Gasteiger partial charge in [0, 0.05) is 23.2 Å². The van der Waals surface area contributed by atoms with Gasteiger partial charge in [-0.2, -0.15) is 4.39 Å². The summed E-state index contributed by atoms with van der Waals surface area (Å²) in [7, 11) is 1.50. The van der Waals surface area contributed by atoms with Crippen LogP contribution in [0.5, 0.6) is 5.75 Å². The first-order chi connectivity index (χ1) is 14.5. The maximum absolute atomic E-state index is 13.9. The van der Waals surface area contributed by atoms with E-state index in [-0.39, 0.29) is 24.2 Å². The average Bonchev–Trinajstić information content (AvgIpc) is 2.78. The zero-order valence-corrected chi connectivity index (χ0v) is 18.3. The molecule has 162 valence electrons. The molecule has 0 aromatic heterocycles. The number of carbonyl (C=O) groups is 2. The highest BCUT2D eigenvalue weighted by molar-refractivity contribution is 9.10. The van der Waals surface area contributed by atoms with E-state index in [4.69, 9.17) is 4.74 Å². The summed E-state index contributed by atoms with van der Waals surface area (Å²) in [4.78, 5) is 24.2. The van der Waals surface area contributed by atoms with Crippen molar-refractivity contribution in [2.45, 2.75) is 19.3 Å². The van der Waals surface area contributed by atoms with Gasteiger partial charge in [0.05, 0.1) is 17.7 Å². The number of nitrogens with two attached hydrogens (primary N) is 1. The Labute approximate surface area is 183 Å². The predicted octanol–water partition coefficient (Wildman–Crippen LogP) is 4.61. The Hall–Kier alpha value is -2.32. The number of piperidine rings is 1. The van der Waals surface area contributed by atoms with Crippen molar-refractivity contribution in [3.05, 3.63) is 57.6 Å². The lowest BCUT2D eigenvalue weighted by atomic mass is 9.93. The maximum atomic E-state index is 13.9. The van der Waals surface area contributed by atoms with Crippen molar-refractivity contribution in [3.8, 4) is 5.75 Å². The molecule has 2 aromatic carbocycles. The van der Waals surface area contributed by atoms with Gasteiger partial charge in [0.15, 0.2) is 24.1 Å². The second-order valence-corrected chi connectivity index (χ2v) is 7.61. The summed E-state index contributed by atoms with van der Waals surface area (Å²) in [6.07, 6.45) is 3.72. The zero-order chi connectivity index (χ0) is 22.1. The molecule has 0 amide bonds. The molecule has 3 rings (SSSR count). The van der Waals surface area contributed by atoms with Gasteiger partial charge >= 0.3 is 0 Å². The van der Waals surface area contributed by atoms with E-state index in [1.54, 1.807) is 0 Å². The first-order valence-corrected chi connectivity index (χ1v) is 10.5. The summed E-state index contributed by atoms with van der Waals surface area (Å²) in [5.74, 6) is -2.08. The predicted molar refractivity (Wildman–Crippen MR) is 116 cm³/mol. The fourth-order valence-electron chi connectivity index (χ4n) is 3.47. The van der Waals surface area contributed by atoms with Crippen LogP contribution in [-0.2, 0) is 0 Å². The summed E-state index contributed by atoms with van der Waals surface area (Å²) >= 11 is 3.41. The van der Waals surface area contributed by atoms with Crippen LogP contribution in [0.2, 0.25) is 0 Å². The van der Waals surface area contributed by atoms with Crippen LogP contribution >= 0.6 is 15.9 Å². The normalized spacial score (nSPS) is 14.0. The molecule has 0 unspecified atom stereocenters. The quantitative estimate of drug-likeness (QED) is 0.583. The SMILES string of the molecule is CN.O=Cc1ccc(OCCC2CCN(c3cccc(Br)c3C=O)CC2)c(F)c1F. The molecule has 1 aliphatic heterocycles. The summed E-state index contributed by atoms with van der Waals surface area (Å²) in [6.45, 7) is 1.91. The Morgan fingerprint density at radius 3 is 2.43 bits per heavy atom. The Balaban J connectivity index is 0.00000155. The topological polar surface area (TPSA) is 72.6 Å². The summed E-state index contributed by atoms with van der Waals surface area (Å²) in [6, 6.07) is 8.19. The molecule has 1 heterocycles. The van der Waals surface area contributed by atoms with Crippen LogP contribution in [0.15, 0.2) is 34.8 Å². The van der Waals surface area contributed by atoms with E-state index in [1.807, 2.05) is 18.2 Å². The van der Waals surface area contributed by atoms with Crippen LogP contribution in [0, 0.1) is 17.6 Å². The number of halogens is 3. The van der Waals surface area contributed by atoms with Crippen molar-refractivity contribution < 1.29 is 23.1 Å². The van der Waals surface area contributed by atoms with Crippen molar-refractivity contribution in [2.75, 3.05) is 31.6 Å². The first kappa shape index (κ1) is 24.0. The number of hydrogen-bond donors (Lipinski definition) is 1. The number of carbonyl (C=O) groups excluding carboxylic acids is 2. The van der Waals surface area contributed by atoms with Crippen LogP contribution in [0.25, 0.3) is 0 Å². The minimum Gasteiger partial charge on any atom is -0.490 e. The van der Waals surface area contributed by atoms with E-state index < -0.39 is 11.6 Å². The van der Waals surface area contributed by atoms with E-state index >= 15 is 0 Å². The van der Waals surface area contributed by atoms with E-state index in [2.05, 4.69) is 26.6 Å². The molecule has 2 aromatic rings. The molecule has 1 aliphatic rings. The monoisotopic (exact) mass is 482 g/mol. The third kappa shape index (κ3) is 5.64. The lowest BCUT2D eigenvalue weighted by Crippen LogP contribution is -2.34. The molecule has 0 radical (unpaired) electrons. The molecule has 0 aliphatic carbocycles. The fourth-order valence-corrected chi connectivity index (χ4v) is 3.91. The molecule has 1 saturated heterocycles. The fraction of sp³-hybridized carbons (Fsp3) is 0.364. The van der Waals surface area contributed by atoms with E-state index in [1.165, 1.54) is 19.2 Å². The van der Waals surface area contributed by atoms with Gasteiger partial charge in [-0.05, 0) is 72.4 Å². The van der Waals surface area contributed by atoms with Crippen molar-refractivity contribution in [3.63, 3.8) is 0 Å². The third-order valence-corrected chi connectivity index (χ3v) is 5.78. The van der Waals surface area contributed by atoms with Crippen molar-refractivity contribution >= 4 is 34.2 Å². The Kier molecular flexibility index (Phi) is 9.39. The minimum atomic E-state index is -1.18.